The van der Waals surface area contributed by atoms with Crippen molar-refractivity contribution < 1.29 is 31.5 Å². The Morgan fingerprint density at radius 1 is 1.18 bits per heavy atom. The predicted molar refractivity (Wildman–Crippen MR) is 162 cm³/mol. The summed E-state index contributed by atoms with van der Waals surface area (Å²) in [5.74, 6) is -1.85. The number of nitrogens with zero attached hydrogens (tertiary/aromatic N) is 2. The zero-order chi connectivity index (χ0) is 31.2. The van der Waals surface area contributed by atoms with Gasteiger partial charge in [-0.1, -0.05) is 19.1 Å². The van der Waals surface area contributed by atoms with Crippen LogP contribution in [0.15, 0.2) is 48.7 Å². The van der Waals surface area contributed by atoms with Crippen LogP contribution in [0.2, 0.25) is 0 Å². The fraction of sp³-hybridized carbons (Fsp3) is 0.387. The van der Waals surface area contributed by atoms with Crippen LogP contribution < -0.4 is 14.8 Å². The van der Waals surface area contributed by atoms with Crippen LogP contribution in [0.4, 0.5) is 20.2 Å². The summed E-state index contributed by atoms with van der Waals surface area (Å²) in [6.07, 6.45) is 3.83. The first-order chi connectivity index (χ1) is 20.9. The molecule has 232 valence electrons. The monoisotopic (exact) mass is 625 g/mol. The van der Waals surface area contributed by atoms with E-state index in [1.807, 2.05) is 24.3 Å². The van der Waals surface area contributed by atoms with Crippen LogP contribution in [0, 0.1) is 23.5 Å². The van der Waals surface area contributed by atoms with Crippen molar-refractivity contribution in [3.8, 4) is 17.0 Å². The molecule has 3 N–H and O–H groups in total. The smallest absolute Gasteiger partial charge is 0.261 e. The summed E-state index contributed by atoms with van der Waals surface area (Å²) in [6, 6.07) is 10.8. The topological polar surface area (TPSA) is 135 Å². The van der Waals surface area contributed by atoms with Crippen molar-refractivity contribution in [2.45, 2.75) is 51.7 Å². The van der Waals surface area contributed by atoms with Gasteiger partial charge >= 0.3 is 0 Å². The average Bonchev–Trinajstić information content (AvgIpc) is 3.65. The Labute approximate surface area is 253 Å². The van der Waals surface area contributed by atoms with Gasteiger partial charge in [-0.05, 0) is 75.3 Å². The number of ether oxygens (including phenoxy) is 2. The molecule has 2 aromatic heterocycles. The largest absolute Gasteiger partial charge is 0.491 e. The minimum Gasteiger partial charge on any atom is -0.491 e. The highest BCUT2D eigenvalue weighted by Gasteiger charge is 2.53. The average molecular weight is 626 g/mol. The SMILES string of the molecule is CCCS(=O)(=O)Nc1ccc(F)c(C(=O)Nc2cnc3[nH]nc(-c4cccc(OCC5C[C@@H]6CC6C(C)(C)O5)c4)c3c2)c1F. The number of carbonyl (C=O) groups excluding carboxylic acids is 1. The van der Waals surface area contributed by atoms with Crippen molar-refractivity contribution in [2.75, 3.05) is 22.4 Å². The number of nitrogens with one attached hydrogen (secondary N) is 3. The number of fused-ring (bicyclic) bond motifs is 2. The maximum atomic E-state index is 15.1. The number of rotatable bonds is 10. The Morgan fingerprint density at radius 3 is 2.77 bits per heavy atom. The number of carbonyl (C=O) groups is 1. The number of halogens is 2. The van der Waals surface area contributed by atoms with Crippen molar-refractivity contribution in [1.29, 1.82) is 0 Å². The van der Waals surface area contributed by atoms with Crippen LogP contribution in [0.1, 0.15) is 50.4 Å². The molecule has 44 heavy (non-hydrogen) atoms. The Bertz CT molecular complexity index is 1840. The van der Waals surface area contributed by atoms with Gasteiger partial charge in [-0.2, -0.15) is 5.10 Å². The maximum Gasteiger partial charge on any atom is 0.261 e. The van der Waals surface area contributed by atoms with Crippen molar-refractivity contribution in [2.24, 2.45) is 11.8 Å². The molecular formula is C31H33F2N5O5S. The lowest BCUT2D eigenvalue weighted by Gasteiger charge is -2.35. The number of sulfonamides is 1. The number of pyridine rings is 1. The maximum absolute atomic E-state index is 15.1. The van der Waals surface area contributed by atoms with Crippen molar-refractivity contribution in [1.82, 2.24) is 15.2 Å². The zero-order valence-corrected chi connectivity index (χ0v) is 25.3. The molecule has 3 atom stereocenters. The van der Waals surface area contributed by atoms with E-state index in [1.54, 1.807) is 13.0 Å². The molecular weight excluding hydrogens is 592 g/mol. The fourth-order valence-corrected chi connectivity index (χ4v) is 7.13. The summed E-state index contributed by atoms with van der Waals surface area (Å²) in [7, 11) is -3.87. The quantitative estimate of drug-likeness (QED) is 0.200. The summed E-state index contributed by atoms with van der Waals surface area (Å²) >= 11 is 0. The fourth-order valence-electron chi connectivity index (χ4n) is 6.00. The Kier molecular flexibility index (Phi) is 7.78. The lowest BCUT2D eigenvalue weighted by atomic mass is 9.95. The molecule has 1 aliphatic heterocycles. The molecule has 1 saturated carbocycles. The summed E-state index contributed by atoms with van der Waals surface area (Å²) in [4.78, 5) is 17.3. The number of aromatic nitrogens is 3. The minimum absolute atomic E-state index is 0.0193. The molecule has 0 spiro atoms. The highest BCUT2D eigenvalue weighted by molar-refractivity contribution is 7.92. The van der Waals surface area contributed by atoms with Gasteiger partial charge in [0, 0.05) is 10.9 Å². The lowest BCUT2D eigenvalue weighted by Crippen LogP contribution is -2.40. The number of benzene rings is 2. The molecule has 0 radical (unpaired) electrons. The molecule has 1 saturated heterocycles. The van der Waals surface area contributed by atoms with Gasteiger partial charge in [-0.15, -0.1) is 0 Å². The molecule has 3 heterocycles. The van der Waals surface area contributed by atoms with E-state index in [0.717, 1.165) is 24.1 Å². The van der Waals surface area contributed by atoms with Gasteiger partial charge in [0.1, 0.15) is 29.4 Å². The van der Waals surface area contributed by atoms with E-state index >= 15 is 4.39 Å². The molecule has 6 rings (SSSR count). The zero-order valence-electron chi connectivity index (χ0n) is 24.5. The molecule has 1 amide bonds. The number of H-pyrrole nitrogens is 1. The van der Waals surface area contributed by atoms with E-state index in [1.165, 1.54) is 12.6 Å². The summed E-state index contributed by atoms with van der Waals surface area (Å²) in [5, 5.41) is 10.3. The minimum atomic E-state index is -3.87. The van der Waals surface area contributed by atoms with Gasteiger partial charge in [0.05, 0.1) is 35.0 Å². The third-order valence-corrected chi connectivity index (χ3v) is 9.60. The normalized spacial score (nSPS) is 20.6. The Morgan fingerprint density at radius 2 is 2.00 bits per heavy atom. The molecule has 2 aliphatic rings. The lowest BCUT2D eigenvalue weighted by molar-refractivity contribution is -0.126. The molecule has 2 fully saturated rings. The highest BCUT2D eigenvalue weighted by Crippen LogP contribution is 2.54. The Balaban J connectivity index is 1.20. The van der Waals surface area contributed by atoms with E-state index in [4.69, 9.17) is 9.47 Å². The van der Waals surface area contributed by atoms with Gasteiger partial charge in [0.25, 0.3) is 5.91 Å². The van der Waals surface area contributed by atoms with Crippen LogP contribution in [0.5, 0.6) is 5.75 Å². The second-order valence-electron chi connectivity index (χ2n) is 11.9. The summed E-state index contributed by atoms with van der Waals surface area (Å²) < 4.78 is 68.4. The molecule has 0 bridgehead atoms. The highest BCUT2D eigenvalue weighted by atomic mass is 32.2. The summed E-state index contributed by atoms with van der Waals surface area (Å²) in [6.45, 7) is 6.36. The molecule has 2 aromatic carbocycles. The second kappa shape index (κ2) is 11.4. The standard InChI is InChI=1S/C31H33F2N5O5S/c1-4-10-44(40,41)38-25-9-8-24(32)26(27(25)33)30(39)35-19-14-22-28(36-37-29(22)34-15-19)17-6-5-7-20(11-17)42-16-21-12-18-13-23(18)31(2,3)43-21/h5-9,11,14-15,18,21,23,38H,4,10,12-13,16H2,1-3H3,(H,35,39)(H,34,36,37)/t18-,21?,23?/m1/s1. The van der Waals surface area contributed by atoms with E-state index in [2.05, 4.69) is 39.1 Å². The molecule has 10 nitrogen and oxygen atoms in total. The molecule has 2 unspecified atom stereocenters. The molecule has 1 aliphatic carbocycles. The third kappa shape index (κ3) is 6.11. The van der Waals surface area contributed by atoms with Gasteiger partial charge in [0.15, 0.2) is 11.5 Å². The number of anilines is 2. The van der Waals surface area contributed by atoms with Crippen LogP contribution in [-0.2, 0) is 14.8 Å². The second-order valence-corrected chi connectivity index (χ2v) is 13.7. The van der Waals surface area contributed by atoms with E-state index < -0.39 is 38.8 Å². The first-order valence-electron chi connectivity index (χ1n) is 14.5. The first-order valence-corrected chi connectivity index (χ1v) is 16.1. The third-order valence-electron chi connectivity index (χ3n) is 8.13. The number of hydrogen-bond acceptors (Lipinski definition) is 7. The van der Waals surface area contributed by atoms with E-state index in [9.17, 15) is 17.6 Å². The van der Waals surface area contributed by atoms with Crippen LogP contribution >= 0.6 is 0 Å². The predicted octanol–water partition coefficient (Wildman–Crippen LogP) is 5.89. The van der Waals surface area contributed by atoms with Crippen molar-refractivity contribution >= 4 is 38.3 Å². The van der Waals surface area contributed by atoms with E-state index in [-0.39, 0.29) is 23.1 Å². The van der Waals surface area contributed by atoms with Gasteiger partial charge in [-0.25, -0.2) is 22.2 Å². The Hall–Kier alpha value is -4.10. The van der Waals surface area contributed by atoms with Crippen LogP contribution in [-0.4, -0.2) is 53.6 Å². The number of hydrogen-bond donors (Lipinski definition) is 3. The number of amides is 1. The van der Waals surface area contributed by atoms with Crippen molar-refractivity contribution in [3.05, 3.63) is 65.9 Å². The van der Waals surface area contributed by atoms with Crippen LogP contribution in [0.25, 0.3) is 22.3 Å². The molecule has 4 aromatic rings. The van der Waals surface area contributed by atoms with Gasteiger partial charge in [0.2, 0.25) is 10.0 Å². The van der Waals surface area contributed by atoms with Crippen molar-refractivity contribution in [3.63, 3.8) is 0 Å². The first kappa shape index (κ1) is 29.9. The van der Waals surface area contributed by atoms with Crippen LogP contribution in [0.3, 0.4) is 0 Å². The van der Waals surface area contributed by atoms with Gasteiger partial charge in [-0.3, -0.25) is 14.6 Å². The number of aromatic amines is 1. The molecule has 13 heteroatoms. The van der Waals surface area contributed by atoms with Gasteiger partial charge < -0.3 is 14.8 Å². The summed E-state index contributed by atoms with van der Waals surface area (Å²) in [5.41, 5.74) is 0.272. The van der Waals surface area contributed by atoms with E-state index in [0.29, 0.717) is 47.3 Å².